The molecule has 0 bridgehead atoms. The molecule has 0 aromatic carbocycles. The van der Waals surface area contributed by atoms with Crippen molar-refractivity contribution < 1.29 is 9.32 Å². The van der Waals surface area contributed by atoms with Crippen molar-refractivity contribution in [2.45, 2.75) is 55.4 Å². The summed E-state index contributed by atoms with van der Waals surface area (Å²) >= 11 is 5.93. The molecule has 0 saturated heterocycles. The fourth-order valence-electron chi connectivity index (χ4n) is 4.51. The standard InChI is InChI=1S/C22H27ClN6O2S/c23-16-12-24-19(25-13-16)15-4-1-9-29(10-6-15)21-26-17-5-2-11-32(31)18(17)20(27-21)28-22(14-30)7-3-8-22/h4,12-13,30H,1-3,5-11,14H2,(H,26,27,28). The van der Waals surface area contributed by atoms with Gasteiger partial charge in [0.2, 0.25) is 5.95 Å². The molecular weight excluding hydrogens is 448 g/mol. The fourth-order valence-corrected chi connectivity index (χ4v) is 5.95. The molecule has 5 rings (SSSR count). The van der Waals surface area contributed by atoms with E-state index in [9.17, 15) is 9.32 Å². The Morgan fingerprint density at radius 1 is 1.16 bits per heavy atom. The second kappa shape index (κ2) is 9.03. The van der Waals surface area contributed by atoms with Gasteiger partial charge in [0.15, 0.2) is 5.82 Å². The van der Waals surface area contributed by atoms with Crippen LogP contribution in [0.4, 0.5) is 11.8 Å². The third-order valence-corrected chi connectivity index (χ3v) is 8.26. The van der Waals surface area contributed by atoms with Crippen LogP contribution < -0.4 is 10.2 Å². The van der Waals surface area contributed by atoms with Gasteiger partial charge in [0.05, 0.1) is 33.7 Å². The van der Waals surface area contributed by atoms with E-state index in [0.29, 0.717) is 28.4 Å². The average Bonchev–Trinajstić information content (AvgIpc) is 3.03. The van der Waals surface area contributed by atoms with Crippen LogP contribution in [-0.2, 0) is 17.2 Å². The molecule has 0 spiro atoms. The first kappa shape index (κ1) is 21.7. The van der Waals surface area contributed by atoms with E-state index in [1.54, 1.807) is 12.4 Å². The molecule has 10 heteroatoms. The molecule has 2 N–H and O–H groups in total. The lowest BCUT2D eigenvalue weighted by molar-refractivity contribution is 0.143. The monoisotopic (exact) mass is 474 g/mol. The summed E-state index contributed by atoms with van der Waals surface area (Å²) in [5, 5.41) is 14.0. The number of aromatic nitrogens is 4. The minimum atomic E-state index is -1.12. The Bertz CT molecular complexity index is 1050. The molecule has 0 amide bonds. The van der Waals surface area contributed by atoms with Gasteiger partial charge in [0, 0.05) is 31.2 Å². The van der Waals surface area contributed by atoms with Crippen LogP contribution in [-0.4, -0.2) is 60.2 Å². The lowest BCUT2D eigenvalue weighted by Crippen LogP contribution is -2.49. The van der Waals surface area contributed by atoms with Gasteiger partial charge < -0.3 is 15.3 Å². The molecule has 2 aliphatic heterocycles. The summed E-state index contributed by atoms with van der Waals surface area (Å²) in [5.74, 6) is 2.63. The molecule has 1 unspecified atom stereocenters. The summed E-state index contributed by atoms with van der Waals surface area (Å²) in [6.45, 7) is 1.57. The number of aliphatic hydroxyl groups is 1. The van der Waals surface area contributed by atoms with E-state index in [1.807, 2.05) is 0 Å². The van der Waals surface area contributed by atoms with Gasteiger partial charge in [-0.3, -0.25) is 4.21 Å². The quantitative estimate of drug-likeness (QED) is 0.681. The molecule has 3 aliphatic rings. The largest absolute Gasteiger partial charge is 0.394 e. The van der Waals surface area contributed by atoms with Crippen molar-refractivity contribution in [2.75, 3.05) is 35.7 Å². The highest BCUT2D eigenvalue weighted by Gasteiger charge is 2.38. The zero-order chi connectivity index (χ0) is 22.1. The highest BCUT2D eigenvalue weighted by atomic mass is 35.5. The third-order valence-electron chi connectivity index (χ3n) is 6.52. The highest BCUT2D eigenvalue weighted by Crippen LogP contribution is 2.38. The highest BCUT2D eigenvalue weighted by molar-refractivity contribution is 7.85. The number of anilines is 2. The van der Waals surface area contributed by atoms with Crippen molar-refractivity contribution in [1.82, 2.24) is 19.9 Å². The molecule has 1 aliphatic carbocycles. The maximum atomic E-state index is 12.8. The van der Waals surface area contributed by atoms with Gasteiger partial charge in [-0.15, -0.1) is 0 Å². The number of hydrogen-bond donors (Lipinski definition) is 2. The summed E-state index contributed by atoms with van der Waals surface area (Å²) in [7, 11) is -1.12. The molecule has 2 aromatic rings. The van der Waals surface area contributed by atoms with Crippen molar-refractivity contribution in [1.29, 1.82) is 0 Å². The maximum Gasteiger partial charge on any atom is 0.227 e. The van der Waals surface area contributed by atoms with E-state index in [1.165, 1.54) is 0 Å². The Hall–Kier alpha value is -2.10. The van der Waals surface area contributed by atoms with E-state index in [4.69, 9.17) is 21.6 Å². The molecule has 2 aromatic heterocycles. The van der Waals surface area contributed by atoms with E-state index < -0.39 is 10.8 Å². The van der Waals surface area contributed by atoms with E-state index in [-0.39, 0.29) is 12.1 Å². The van der Waals surface area contributed by atoms with Crippen LogP contribution in [0.3, 0.4) is 0 Å². The first-order valence-corrected chi connectivity index (χ1v) is 12.9. The van der Waals surface area contributed by atoms with Crippen molar-refractivity contribution in [3.05, 3.63) is 35.0 Å². The Balaban J connectivity index is 1.42. The van der Waals surface area contributed by atoms with E-state index in [2.05, 4.69) is 26.3 Å². The van der Waals surface area contributed by atoms with Gasteiger partial charge in [0.1, 0.15) is 10.7 Å². The lowest BCUT2D eigenvalue weighted by atomic mass is 9.77. The number of fused-ring (bicyclic) bond motifs is 1. The number of aryl methyl sites for hydroxylation is 1. The summed E-state index contributed by atoms with van der Waals surface area (Å²) in [5.41, 5.74) is 1.60. The number of halogens is 1. The predicted molar refractivity (Wildman–Crippen MR) is 125 cm³/mol. The number of nitrogens with one attached hydrogen (secondary N) is 1. The Morgan fingerprint density at radius 2 is 1.97 bits per heavy atom. The van der Waals surface area contributed by atoms with Crippen LogP contribution in [0.25, 0.3) is 5.57 Å². The predicted octanol–water partition coefficient (Wildman–Crippen LogP) is 2.98. The van der Waals surface area contributed by atoms with Crippen LogP contribution in [0.1, 0.15) is 50.0 Å². The molecule has 1 saturated carbocycles. The van der Waals surface area contributed by atoms with Crippen LogP contribution in [0, 0.1) is 0 Å². The molecule has 8 nitrogen and oxygen atoms in total. The van der Waals surface area contributed by atoms with Crippen LogP contribution in [0.15, 0.2) is 23.4 Å². The summed E-state index contributed by atoms with van der Waals surface area (Å²) < 4.78 is 12.8. The number of aliphatic hydroxyl groups excluding tert-OH is 1. The SMILES string of the molecule is O=S1CCCc2nc(N3CCC=C(c4ncc(Cl)cn4)CC3)nc(NC3(CO)CCC3)c21. The van der Waals surface area contributed by atoms with Gasteiger partial charge in [-0.05, 0) is 50.5 Å². The molecule has 0 radical (unpaired) electrons. The smallest absolute Gasteiger partial charge is 0.227 e. The molecule has 1 fully saturated rings. The second-order valence-corrected chi connectivity index (χ2v) is 10.6. The molecule has 4 heterocycles. The van der Waals surface area contributed by atoms with Crippen LogP contribution >= 0.6 is 11.6 Å². The Morgan fingerprint density at radius 3 is 2.69 bits per heavy atom. The first-order chi connectivity index (χ1) is 15.6. The summed E-state index contributed by atoms with van der Waals surface area (Å²) in [6, 6.07) is 0. The van der Waals surface area contributed by atoms with Crippen LogP contribution in [0.5, 0.6) is 0 Å². The fraction of sp³-hybridized carbons (Fsp3) is 0.545. The van der Waals surface area contributed by atoms with Crippen LogP contribution in [0.2, 0.25) is 5.02 Å². The maximum absolute atomic E-state index is 12.8. The van der Waals surface area contributed by atoms with Crippen molar-refractivity contribution in [2.24, 2.45) is 0 Å². The average molecular weight is 475 g/mol. The van der Waals surface area contributed by atoms with Gasteiger partial charge in [-0.2, -0.15) is 4.98 Å². The Labute approximate surface area is 195 Å². The number of rotatable bonds is 5. The molecular formula is C22H27ClN6O2S. The number of nitrogens with zero attached hydrogens (tertiary/aromatic N) is 5. The second-order valence-electron chi connectivity index (χ2n) is 8.70. The van der Waals surface area contributed by atoms with Gasteiger partial charge in [0.25, 0.3) is 0 Å². The van der Waals surface area contributed by atoms with E-state index >= 15 is 0 Å². The van der Waals surface area contributed by atoms with Gasteiger partial charge >= 0.3 is 0 Å². The summed E-state index contributed by atoms with van der Waals surface area (Å²) in [4.78, 5) is 21.3. The van der Waals surface area contributed by atoms with Gasteiger partial charge in [-0.25, -0.2) is 15.0 Å². The van der Waals surface area contributed by atoms with Crippen molar-refractivity contribution >= 4 is 39.7 Å². The zero-order valence-corrected chi connectivity index (χ0v) is 19.5. The minimum absolute atomic E-state index is 0.0475. The molecule has 1 atom stereocenters. The molecule has 32 heavy (non-hydrogen) atoms. The topological polar surface area (TPSA) is 104 Å². The first-order valence-electron chi connectivity index (χ1n) is 11.2. The molecule has 170 valence electrons. The van der Waals surface area contributed by atoms with Crippen molar-refractivity contribution in [3.8, 4) is 0 Å². The van der Waals surface area contributed by atoms with Gasteiger partial charge in [-0.1, -0.05) is 17.7 Å². The summed E-state index contributed by atoms with van der Waals surface area (Å²) in [6.07, 6.45) is 11.5. The van der Waals surface area contributed by atoms with E-state index in [0.717, 1.165) is 74.2 Å². The lowest BCUT2D eigenvalue weighted by Gasteiger charge is -2.42. The van der Waals surface area contributed by atoms with Crippen molar-refractivity contribution in [3.63, 3.8) is 0 Å². The zero-order valence-electron chi connectivity index (χ0n) is 17.9. The minimum Gasteiger partial charge on any atom is -0.394 e. The number of hydrogen-bond acceptors (Lipinski definition) is 8. The Kier molecular flexibility index (Phi) is 6.14. The third kappa shape index (κ3) is 4.25. The normalized spacial score (nSPS) is 22.4.